The number of carboxylic acid groups (broad SMARTS) is 1. The molecule has 0 heterocycles. The van der Waals surface area contributed by atoms with Gasteiger partial charge in [0.05, 0.1) is 5.69 Å². The van der Waals surface area contributed by atoms with Crippen LogP contribution < -0.4 is 5.32 Å². The average molecular weight is 227 g/mol. The van der Waals surface area contributed by atoms with Crippen LogP contribution in [-0.4, -0.2) is 17.0 Å². The minimum Gasteiger partial charge on any atom is -0.478 e. The third-order valence-electron chi connectivity index (χ3n) is 1.57. The van der Waals surface area contributed by atoms with Gasteiger partial charge in [-0.05, 0) is 12.1 Å². The lowest BCUT2D eigenvalue weighted by atomic mass is 10.3. The van der Waals surface area contributed by atoms with Gasteiger partial charge in [0.1, 0.15) is 11.6 Å². The minimum atomic E-state index is -1.30. The standard InChI is InChI=1S/C10H7F2NO3/c11-6-1-2-8(7(12)5-6)13-9(14)3-4-10(15)16/h1-5H,(H,13,14)(H,15,16)/b4-3+. The van der Waals surface area contributed by atoms with E-state index >= 15 is 0 Å². The van der Waals surface area contributed by atoms with E-state index in [0.717, 1.165) is 18.2 Å². The zero-order valence-corrected chi connectivity index (χ0v) is 7.91. The maximum absolute atomic E-state index is 13.0. The first-order valence-corrected chi connectivity index (χ1v) is 4.16. The Hall–Kier alpha value is -2.24. The summed E-state index contributed by atoms with van der Waals surface area (Å²) >= 11 is 0. The number of anilines is 1. The van der Waals surface area contributed by atoms with Crippen molar-refractivity contribution in [1.29, 1.82) is 0 Å². The highest BCUT2D eigenvalue weighted by Gasteiger charge is 2.05. The van der Waals surface area contributed by atoms with E-state index in [-0.39, 0.29) is 5.69 Å². The SMILES string of the molecule is O=C(O)/C=C/C(=O)Nc1ccc(F)cc1F. The molecule has 0 radical (unpaired) electrons. The molecule has 0 atom stereocenters. The molecule has 0 unspecified atom stereocenters. The third kappa shape index (κ3) is 3.49. The third-order valence-corrected chi connectivity index (χ3v) is 1.57. The van der Waals surface area contributed by atoms with Gasteiger partial charge in [0.2, 0.25) is 5.91 Å². The van der Waals surface area contributed by atoms with Crippen LogP contribution in [0.2, 0.25) is 0 Å². The van der Waals surface area contributed by atoms with Crippen LogP contribution in [0.3, 0.4) is 0 Å². The zero-order valence-electron chi connectivity index (χ0n) is 7.91. The lowest BCUT2D eigenvalue weighted by molar-refractivity contribution is -0.131. The summed E-state index contributed by atoms with van der Waals surface area (Å²) in [5.74, 6) is -3.81. The fourth-order valence-corrected chi connectivity index (χ4v) is 0.912. The van der Waals surface area contributed by atoms with Crippen molar-refractivity contribution >= 4 is 17.6 Å². The van der Waals surface area contributed by atoms with Gasteiger partial charge in [0, 0.05) is 18.2 Å². The van der Waals surface area contributed by atoms with Gasteiger partial charge in [-0.15, -0.1) is 0 Å². The molecule has 0 saturated carbocycles. The summed E-state index contributed by atoms with van der Waals surface area (Å²) in [4.78, 5) is 21.1. The molecule has 1 aromatic carbocycles. The quantitative estimate of drug-likeness (QED) is 0.770. The van der Waals surface area contributed by atoms with Crippen molar-refractivity contribution < 1.29 is 23.5 Å². The van der Waals surface area contributed by atoms with Crippen molar-refractivity contribution in [2.45, 2.75) is 0 Å². The van der Waals surface area contributed by atoms with Crippen molar-refractivity contribution in [3.05, 3.63) is 42.0 Å². The Balaban J connectivity index is 2.73. The first-order chi connectivity index (χ1) is 7.49. The molecule has 0 aliphatic carbocycles. The number of carbonyl (C=O) groups is 2. The Kier molecular flexibility index (Phi) is 3.71. The summed E-state index contributed by atoms with van der Waals surface area (Å²) in [5, 5.41) is 10.3. The fourth-order valence-electron chi connectivity index (χ4n) is 0.912. The predicted molar refractivity (Wildman–Crippen MR) is 51.8 cm³/mol. The molecular weight excluding hydrogens is 220 g/mol. The second-order valence-electron chi connectivity index (χ2n) is 2.78. The number of halogens is 2. The molecule has 0 bridgehead atoms. The van der Waals surface area contributed by atoms with Crippen LogP contribution in [0, 0.1) is 11.6 Å². The average Bonchev–Trinajstić information content (AvgIpc) is 2.19. The highest BCUT2D eigenvalue weighted by molar-refractivity contribution is 6.02. The number of hydrogen-bond donors (Lipinski definition) is 2. The van der Waals surface area contributed by atoms with Crippen LogP contribution in [-0.2, 0) is 9.59 Å². The van der Waals surface area contributed by atoms with Gasteiger partial charge < -0.3 is 10.4 Å². The number of benzene rings is 1. The topological polar surface area (TPSA) is 66.4 Å². The summed E-state index contributed by atoms with van der Waals surface area (Å²) < 4.78 is 25.5. The predicted octanol–water partition coefficient (Wildman–Crippen LogP) is 1.54. The molecule has 0 fully saturated rings. The second-order valence-corrected chi connectivity index (χ2v) is 2.78. The van der Waals surface area contributed by atoms with Gasteiger partial charge in [-0.25, -0.2) is 13.6 Å². The van der Waals surface area contributed by atoms with Gasteiger partial charge >= 0.3 is 5.97 Å². The second kappa shape index (κ2) is 5.01. The van der Waals surface area contributed by atoms with Gasteiger partial charge in [0.25, 0.3) is 0 Å². The first kappa shape index (κ1) is 11.8. The maximum atomic E-state index is 13.0. The largest absolute Gasteiger partial charge is 0.478 e. The van der Waals surface area contributed by atoms with Crippen molar-refractivity contribution in [3.63, 3.8) is 0 Å². The number of nitrogens with one attached hydrogen (secondary N) is 1. The Labute approximate surface area is 89.2 Å². The van der Waals surface area contributed by atoms with Crippen LogP contribution in [0.5, 0.6) is 0 Å². The van der Waals surface area contributed by atoms with Gasteiger partial charge in [-0.2, -0.15) is 0 Å². The van der Waals surface area contributed by atoms with Crippen molar-refractivity contribution in [2.75, 3.05) is 5.32 Å². The van der Waals surface area contributed by atoms with E-state index in [1.165, 1.54) is 0 Å². The first-order valence-electron chi connectivity index (χ1n) is 4.16. The van der Waals surface area contributed by atoms with E-state index in [0.29, 0.717) is 12.1 Å². The zero-order chi connectivity index (χ0) is 12.1. The van der Waals surface area contributed by atoms with E-state index in [1.807, 2.05) is 0 Å². The molecule has 4 nitrogen and oxygen atoms in total. The molecule has 0 saturated heterocycles. The molecule has 1 amide bonds. The monoisotopic (exact) mass is 227 g/mol. The van der Waals surface area contributed by atoms with Crippen LogP contribution in [0.1, 0.15) is 0 Å². The number of carbonyl (C=O) groups excluding carboxylic acids is 1. The van der Waals surface area contributed by atoms with Crippen LogP contribution in [0.4, 0.5) is 14.5 Å². The van der Waals surface area contributed by atoms with E-state index in [1.54, 1.807) is 0 Å². The Morgan fingerprint density at radius 1 is 1.25 bits per heavy atom. The van der Waals surface area contributed by atoms with Crippen molar-refractivity contribution in [2.24, 2.45) is 0 Å². The molecule has 0 aliphatic rings. The lowest BCUT2D eigenvalue weighted by Crippen LogP contribution is -2.10. The van der Waals surface area contributed by atoms with Gasteiger partial charge in [-0.1, -0.05) is 0 Å². The summed E-state index contributed by atoms with van der Waals surface area (Å²) in [6.45, 7) is 0. The van der Waals surface area contributed by atoms with Gasteiger partial charge in [-0.3, -0.25) is 4.79 Å². The van der Waals surface area contributed by atoms with E-state index < -0.39 is 23.5 Å². The molecule has 84 valence electrons. The molecule has 1 aromatic rings. The maximum Gasteiger partial charge on any atom is 0.328 e. The van der Waals surface area contributed by atoms with Crippen LogP contribution in [0.15, 0.2) is 30.4 Å². The lowest BCUT2D eigenvalue weighted by Gasteiger charge is -2.02. The molecule has 16 heavy (non-hydrogen) atoms. The highest BCUT2D eigenvalue weighted by atomic mass is 19.1. The normalized spacial score (nSPS) is 10.4. The Morgan fingerprint density at radius 3 is 2.50 bits per heavy atom. The number of aliphatic carboxylic acids is 1. The summed E-state index contributed by atoms with van der Waals surface area (Å²) in [6, 6.07) is 2.62. The smallest absolute Gasteiger partial charge is 0.328 e. The van der Waals surface area contributed by atoms with Crippen molar-refractivity contribution in [1.82, 2.24) is 0 Å². The summed E-state index contributed by atoms with van der Waals surface area (Å²) in [7, 11) is 0. The molecule has 1 rings (SSSR count). The number of amides is 1. The molecule has 0 aliphatic heterocycles. The van der Waals surface area contributed by atoms with E-state index in [9.17, 15) is 18.4 Å². The molecule has 0 aromatic heterocycles. The van der Waals surface area contributed by atoms with Crippen LogP contribution in [0.25, 0.3) is 0 Å². The molecular formula is C10H7F2NO3. The minimum absolute atomic E-state index is 0.221. The highest BCUT2D eigenvalue weighted by Crippen LogP contribution is 2.14. The molecule has 2 N–H and O–H groups in total. The fraction of sp³-hybridized carbons (Fsp3) is 0. The number of carboxylic acids is 1. The van der Waals surface area contributed by atoms with Gasteiger partial charge in [0.15, 0.2) is 0 Å². The Bertz CT molecular complexity index is 457. The molecule has 0 spiro atoms. The van der Waals surface area contributed by atoms with Crippen LogP contribution >= 0.6 is 0 Å². The Morgan fingerprint density at radius 2 is 1.94 bits per heavy atom. The molecule has 6 heteroatoms. The van der Waals surface area contributed by atoms with E-state index in [4.69, 9.17) is 5.11 Å². The summed E-state index contributed by atoms with van der Waals surface area (Å²) in [5.41, 5.74) is -0.221. The van der Waals surface area contributed by atoms with E-state index in [2.05, 4.69) is 5.32 Å². The van der Waals surface area contributed by atoms with Crippen molar-refractivity contribution in [3.8, 4) is 0 Å². The number of rotatable bonds is 3. The summed E-state index contributed by atoms with van der Waals surface area (Å²) in [6.07, 6.45) is 1.34. The number of hydrogen-bond acceptors (Lipinski definition) is 2.